The molecule has 0 unspecified atom stereocenters. The number of hydrogen-bond donors (Lipinski definition) is 0. The Hall–Kier alpha value is -2.36. The quantitative estimate of drug-likeness (QED) is 0.845. The van der Waals surface area contributed by atoms with Crippen LogP contribution < -0.4 is 4.74 Å². The number of aromatic nitrogens is 1. The normalized spacial score (nSPS) is 13.8. The average Bonchev–Trinajstić information content (AvgIpc) is 2.39. The molecule has 2 heterocycles. The Labute approximate surface area is 111 Å². The number of pyridine rings is 1. The Balaban J connectivity index is 1.70. The maximum absolute atomic E-state index is 12.0. The fourth-order valence-electron chi connectivity index (χ4n) is 1.91. The van der Waals surface area contributed by atoms with E-state index < -0.39 is 0 Å². The van der Waals surface area contributed by atoms with Crippen LogP contribution in [0, 0.1) is 0 Å². The summed E-state index contributed by atoms with van der Waals surface area (Å²) in [5, 5.41) is 0. The molecule has 19 heavy (non-hydrogen) atoms. The fraction of sp³-hybridized carbons (Fsp3) is 0.200. The highest BCUT2D eigenvalue weighted by Crippen LogP contribution is 2.21. The van der Waals surface area contributed by atoms with Gasteiger partial charge < -0.3 is 9.64 Å². The zero-order valence-corrected chi connectivity index (χ0v) is 10.5. The lowest BCUT2D eigenvalue weighted by Gasteiger charge is -2.30. The molecule has 4 heteroatoms. The van der Waals surface area contributed by atoms with Crippen molar-refractivity contribution >= 4 is 5.91 Å². The van der Waals surface area contributed by atoms with E-state index in [1.807, 2.05) is 17.0 Å². The van der Waals surface area contributed by atoms with E-state index in [1.165, 1.54) is 0 Å². The third kappa shape index (κ3) is 2.57. The number of carbonyl (C=O) groups excluding carboxylic acids is 1. The van der Waals surface area contributed by atoms with Crippen molar-refractivity contribution in [2.45, 2.75) is 6.42 Å². The van der Waals surface area contributed by atoms with E-state index in [1.54, 1.807) is 36.7 Å². The summed E-state index contributed by atoms with van der Waals surface area (Å²) in [6, 6.07) is 10.9. The first-order chi connectivity index (χ1) is 9.33. The number of ether oxygens (including phenoxy) is 1. The van der Waals surface area contributed by atoms with Crippen molar-refractivity contribution < 1.29 is 9.53 Å². The molecule has 96 valence electrons. The second-order valence-electron chi connectivity index (χ2n) is 4.46. The van der Waals surface area contributed by atoms with E-state index in [0.717, 1.165) is 19.5 Å². The molecule has 0 N–H and O–H groups in total. The van der Waals surface area contributed by atoms with Gasteiger partial charge >= 0.3 is 0 Å². The summed E-state index contributed by atoms with van der Waals surface area (Å²) >= 11 is 0. The molecule has 1 amide bonds. The number of nitrogens with zero attached hydrogens (tertiary/aromatic N) is 2. The molecule has 2 aromatic rings. The minimum atomic E-state index is 0.0965. The average molecular weight is 254 g/mol. The highest BCUT2D eigenvalue weighted by atomic mass is 16.5. The molecule has 0 atom stereocenters. The Morgan fingerprint density at radius 3 is 2.47 bits per heavy atom. The van der Waals surface area contributed by atoms with Gasteiger partial charge in [-0.05, 0) is 42.8 Å². The van der Waals surface area contributed by atoms with Gasteiger partial charge in [0.25, 0.3) is 5.91 Å². The summed E-state index contributed by atoms with van der Waals surface area (Å²) < 4.78 is 5.63. The van der Waals surface area contributed by atoms with E-state index in [2.05, 4.69) is 4.98 Å². The van der Waals surface area contributed by atoms with Crippen molar-refractivity contribution in [3.8, 4) is 11.5 Å². The van der Waals surface area contributed by atoms with Crippen LogP contribution in [0.5, 0.6) is 11.5 Å². The van der Waals surface area contributed by atoms with Gasteiger partial charge in [0.2, 0.25) is 0 Å². The van der Waals surface area contributed by atoms with Crippen molar-refractivity contribution in [3.05, 3.63) is 54.4 Å². The Bertz CT molecular complexity index is 562. The summed E-state index contributed by atoms with van der Waals surface area (Å²) in [5.41, 5.74) is 0.707. The molecule has 1 aromatic heterocycles. The molecule has 0 radical (unpaired) electrons. The molecular formula is C15H14N2O2. The topological polar surface area (TPSA) is 42.4 Å². The second-order valence-corrected chi connectivity index (χ2v) is 4.46. The number of likely N-dealkylation sites (tertiary alicyclic amines) is 1. The monoisotopic (exact) mass is 254 g/mol. The van der Waals surface area contributed by atoms with Gasteiger partial charge in [-0.15, -0.1) is 0 Å². The Morgan fingerprint density at radius 2 is 1.89 bits per heavy atom. The number of benzene rings is 1. The predicted octanol–water partition coefficient (Wildman–Crippen LogP) is 2.72. The van der Waals surface area contributed by atoms with E-state index in [0.29, 0.717) is 17.1 Å². The third-order valence-corrected chi connectivity index (χ3v) is 3.11. The zero-order chi connectivity index (χ0) is 13.1. The first-order valence-corrected chi connectivity index (χ1v) is 6.30. The van der Waals surface area contributed by atoms with Crippen LogP contribution in [-0.2, 0) is 0 Å². The van der Waals surface area contributed by atoms with Crippen LogP contribution in [0.1, 0.15) is 16.8 Å². The Kier molecular flexibility index (Phi) is 3.14. The lowest BCUT2D eigenvalue weighted by atomic mass is 10.1. The van der Waals surface area contributed by atoms with Crippen LogP contribution in [0.4, 0.5) is 0 Å². The first kappa shape index (κ1) is 11.7. The van der Waals surface area contributed by atoms with Crippen molar-refractivity contribution in [1.29, 1.82) is 0 Å². The summed E-state index contributed by atoms with van der Waals surface area (Å²) in [7, 11) is 0. The Morgan fingerprint density at radius 1 is 1.11 bits per heavy atom. The molecule has 1 aliphatic heterocycles. The summed E-state index contributed by atoms with van der Waals surface area (Å²) in [6.07, 6.45) is 4.45. The molecular weight excluding hydrogens is 240 g/mol. The van der Waals surface area contributed by atoms with E-state index in [4.69, 9.17) is 4.74 Å². The number of amides is 1. The van der Waals surface area contributed by atoms with Crippen LogP contribution >= 0.6 is 0 Å². The fourth-order valence-corrected chi connectivity index (χ4v) is 1.91. The van der Waals surface area contributed by atoms with E-state index >= 15 is 0 Å². The van der Waals surface area contributed by atoms with Gasteiger partial charge in [0, 0.05) is 24.8 Å². The minimum Gasteiger partial charge on any atom is -0.456 e. The van der Waals surface area contributed by atoms with Gasteiger partial charge in [0.15, 0.2) is 0 Å². The van der Waals surface area contributed by atoms with Crippen molar-refractivity contribution in [3.63, 3.8) is 0 Å². The molecule has 4 nitrogen and oxygen atoms in total. The molecule has 0 saturated carbocycles. The second kappa shape index (κ2) is 5.10. The molecule has 0 bridgehead atoms. The van der Waals surface area contributed by atoms with Gasteiger partial charge in [0.1, 0.15) is 11.5 Å². The van der Waals surface area contributed by atoms with E-state index in [-0.39, 0.29) is 5.91 Å². The maximum atomic E-state index is 12.0. The standard InChI is InChI=1S/C15H14N2O2/c18-15(17-9-2-10-17)12-4-6-13(7-5-12)19-14-3-1-8-16-11-14/h1,3-8,11H,2,9-10H2. The molecule has 1 aromatic carbocycles. The first-order valence-electron chi connectivity index (χ1n) is 6.30. The highest BCUT2D eigenvalue weighted by molar-refractivity contribution is 5.94. The highest BCUT2D eigenvalue weighted by Gasteiger charge is 2.21. The minimum absolute atomic E-state index is 0.0965. The number of carbonyl (C=O) groups is 1. The third-order valence-electron chi connectivity index (χ3n) is 3.11. The molecule has 3 rings (SSSR count). The zero-order valence-electron chi connectivity index (χ0n) is 10.5. The number of hydrogen-bond acceptors (Lipinski definition) is 3. The van der Waals surface area contributed by atoms with Crippen molar-refractivity contribution in [1.82, 2.24) is 9.88 Å². The smallest absolute Gasteiger partial charge is 0.253 e. The SMILES string of the molecule is O=C(c1ccc(Oc2cccnc2)cc1)N1CCC1. The van der Waals surface area contributed by atoms with Gasteiger partial charge in [-0.25, -0.2) is 0 Å². The molecule has 1 fully saturated rings. The lowest BCUT2D eigenvalue weighted by Crippen LogP contribution is -2.41. The molecule has 1 aliphatic rings. The van der Waals surface area contributed by atoms with Crippen LogP contribution in [-0.4, -0.2) is 28.9 Å². The van der Waals surface area contributed by atoms with Crippen molar-refractivity contribution in [2.24, 2.45) is 0 Å². The van der Waals surface area contributed by atoms with Gasteiger partial charge in [-0.3, -0.25) is 9.78 Å². The lowest BCUT2D eigenvalue weighted by molar-refractivity contribution is 0.0652. The largest absolute Gasteiger partial charge is 0.456 e. The van der Waals surface area contributed by atoms with Gasteiger partial charge in [0.05, 0.1) is 6.20 Å². The van der Waals surface area contributed by atoms with Crippen LogP contribution in [0.2, 0.25) is 0 Å². The molecule has 0 spiro atoms. The maximum Gasteiger partial charge on any atom is 0.253 e. The summed E-state index contributed by atoms with van der Waals surface area (Å²) in [6.45, 7) is 1.74. The van der Waals surface area contributed by atoms with Gasteiger partial charge in [-0.1, -0.05) is 0 Å². The van der Waals surface area contributed by atoms with Crippen molar-refractivity contribution in [2.75, 3.05) is 13.1 Å². The van der Waals surface area contributed by atoms with Crippen LogP contribution in [0.15, 0.2) is 48.8 Å². The summed E-state index contributed by atoms with van der Waals surface area (Å²) in [5.74, 6) is 1.48. The summed E-state index contributed by atoms with van der Waals surface area (Å²) in [4.78, 5) is 17.8. The van der Waals surface area contributed by atoms with Gasteiger partial charge in [-0.2, -0.15) is 0 Å². The number of rotatable bonds is 3. The predicted molar refractivity (Wildman–Crippen MR) is 71.3 cm³/mol. The molecule has 1 saturated heterocycles. The van der Waals surface area contributed by atoms with Crippen LogP contribution in [0.25, 0.3) is 0 Å². The van der Waals surface area contributed by atoms with Crippen LogP contribution in [0.3, 0.4) is 0 Å². The molecule has 0 aliphatic carbocycles. The van der Waals surface area contributed by atoms with E-state index in [9.17, 15) is 4.79 Å².